The van der Waals surface area contributed by atoms with Gasteiger partial charge in [0.1, 0.15) is 4.88 Å². The van der Waals surface area contributed by atoms with E-state index in [4.69, 9.17) is 4.74 Å². The van der Waals surface area contributed by atoms with E-state index in [1.165, 1.54) is 12.1 Å². The first-order valence-corrected chi connectivity index (χ1v) is 9.31. The van der Waals surface area contributed by atoms with Crippen molar-refractivity contribution in [1.82, 2.24) is 10.2 Å². The first-order valence-electron chi connectivity index (χ1n) is 8.49. The maximum Gasteiger partial charge on any atom is 0.348 e. The van der Waals surface area contributed by atoms with Crippen molar-refractivity contribution in [3.8, 4) is 17.7 Å². The predicted octanol–water partition coefficient (Wildman–Crippen LogP) is 3.20. The minimum Gasteiger partial charge on any atom is -0.477 e. The second-order valence-corrected chi connectivity index (χ2v) is 8.15. The molecule has 0 aliphatic heterocycles. The molecule has 0 aliphatic carbocycles. The monoisotopic (exact) mass is 389 g/mol. The summed E-state index contributed by atoms with van der Waals surface area (Å²) in [6.45, 7) is 8.32. The van der Waals surface area contributed by atoms with E-state index >= 15 is 0 Å². The molecule has 0 saturated carbocycles. The highest BCUT2D eigenvalue weighted by atomic mass is 32.1. The number of carboxylic acids is 1. The number of thiophene rings is 1. The second-order valence-electron chi connectivity index (χ2n) is 7.10. The second kappa shape index (κ2) is 8.73. The lowest BCUT2D eigenvalue weighted by molar-refractivity contribution is 0.0703. The fraction of sp³-hybridized carbons (Fsp3) is 0.421. The summed E-state index contributed by atoms with van der Waals surface area (Å²) in [5, 5.41) is 18.7. The molecule has 0 aliphatic rings. The highest BCUT2D eigenvalue weighted by Gasteiger charge is 2.17. The quantitative estimate of drug-likeness (QED) is 0.628. The Morgan fingerprint density at radius 2 is 2.19 bits per heavy atom. The number of hydrogen-bond donors (Lipinski definition) is 3. The Morgan fingerprint density at radius 3 is 2.78 bits per heavy atom. The molecule has 2 rings (SSSR count). The average Bonchev–Trinajstić information content (AvgIpc) is 2.97. The molecule has 0 saturated heterocycles. The Labute approximate surface area is 161 Å². The van der Waals surface area contributed by atoms with Crippen LogP contribution in [0.2, 0.25) is 0 Å². The molecule has 0 radical (unpaired) electrons. The van der Waals surface area contributed by atoms with Crippen molar-refractivity contribution in [3.05, 3.63) is 38.3 Å². The summed E-state index contributed by atoms with van der Waals surface area (Å²) in [6, 6.07) is 4.59. The van der Waals surface area contributed by atoms with Crippen molar-refractivity contribution >= 4 is 23.0 Å². The van der Waals surface area contributed by atoms with Gasteiger partial charge in [-0.05, 0) is 33.8 Å². The molecule has 1 atom stereocenters. The molecule has 0 fully saturated rings. The van der Waals surface area contributed by atoms with E-state index in [2.05, 4.69) is 27.4 Å². The fourth-order valence-corrected chi connectivity index (χ4v) is 2.87. The van der Waals surface area contributed by atoms with Gasteiger partial charge in [0.25, 0.3) is 5.56 Å². The van der Waals surface area contributed by atoms with E-state index in [-0.39, 0.29) is 21.9 Å². The number of rotatable bonds is 7. The molecule has 0 spiro atoms. The first-order chi connectivity index (χ1) is 12.6. The third-order valence-electron chi connectivity index (χ3n) is 3.34. The molecule has 2 aromatic heterocycles. The highest BCUT2D eigenvalue weighted by Crippen LogP contribution is 2.28. The Morgan fingerprint density at radius 1 is 1.44 bits per heavy atom. The van der Waals surface area contributed by atoms with Crippen LogP contribution in [0.25, 0.3) is 0 Å². The number of carboxylic acid groups (broad SMARTS) is 1. The topological polar surface area (TPSA) is 104 Å². The number of aromatic nitrogens is 2. The number of nitrogens with one attached hydrogen (secondary N) is 2. The molecule has 2 aromatic rings. The molecule has 0 aromatic carbocycles. The third-order valence-corrected chi connectivity index (χ3v) is 4.38. The number of aromatic amines is 1. The van der Waals surface area contributed by atoms with Crippen LogP contribution in [0, 0.1) is 17.3 Å². The van der Waals surface area contributed by atoms with Crippen LogP contribution in [0.1, 0.15) is 48.7 Å². The van der Waals surface area contributed by atoms with Crippen LogP contribution in [0.5, 0.6) is 5.88 Å². The van der Waals surface area contributed by atoms with Crippen molar-refractivity contribution in [2.24, 2.45) is 5.41 Å². The maximum atomic E-state index is 11.5. The third kappa shape index (κ3) is 6.79. The van der Waals surface area contributed by atoms with Crippen LogP contribution in [0.15, 0.2) is 23.0 Å². The normalized spacial score (nSPS) is 12.0. The summed E-state index contributed by atoms with van der Waals surface area (Å²) >= 11 is 1.16. The lowest BCUT2D eigenvalue weighted by atomic mass is 9.98. The van der Waals surface area contributed by atoms with Gasteiger partial charge in [-0.3, -0.25) is 4.79 Å². The number of ether oxygens (including phenoxy) is 1. The summed E-state index contributed by atoms with van der Waals surface area (Å²) < 4.78 is 5.47. The Bertz CT molecular complexity index is 895. The summed E-state index contributed by atoms with van der Waals surface area (Å²) in [5.74, 6) is 5.52. The molecule has 7 nitrogen and oxygen atoms in total. The number of hydrogen-bond acceptors (Lipinski definition) is 6. The molecule has 0 amide bonds. The largest absolute Gasteiger partial charge is 0.477 e. The zero-order chi connectivity index (χ0) is 20.0. The van der Waals surface area contributed by atoms with Gasteiger partial charge in [0.15, 0.2) is 0 Å². The number of aromatic carboxylic acids is 1. The highest BCUT2D eigenvalue weighted by molar-refractivity contribution is 7.15. The zero-order valence-corrected chi connectivity index (χ0v) is 16.6. The van der Waals surface area contributed by atoms with Crippen molar-refractivity contribution in [3.63, 3.8) is 0 Å². The van der Waals surface area contributed by atoms with Gasteiger partial charge in [0.05, 0.1) is 17.2 Å². The van der Waals surface area contributed by atoms with Gasteiger partial charge in [-0.25, -0.2) is 9.89 Å². The van der Waals surface area contributed by atoms with Gasteiger partial charge < -0.3 is 15.2 Å². The van der Waals surface area contributed by atoms with E-state index in [9.17, 15) is 14.7 Å². The van der Waals surface area contributed by atoms with Crippen molar-refractivity contribution in [2.45, 2.75) is 40.2 Å². The molecule has 2 heterocycles. The van der Waals surface area contributed by atoms with Crippen LogP contribution in [-0.2, 0) is 0 Å². The van der Waals surface area contributed by atoms with E-state index in [1.54, 1.807) is 6.07 Å². The van der Waals surface area contributed by atoms with Crippen LogP contribution >= 0.6 is 11.3 Å². The van der Waals surface area contributed by atoms with Crippen LogP contribution in [0.4, 0.5) is 5.69 Å². The van der Waals surface area contributed by atoms with Gasteiger partial charge in [-0.15, -0.1) is 16.4 Å². The molecule has 27 heavy (non-hydrogen) atoms. The van der Waals surface area contributed by atoms with Crippen molar-refractivity contribution < 1.29 is 14.6 Å². The first kappa shape index (κ1) is 20.5. The van der Waals surface area contributed by atoms with Crippen LogP contribution in [-0.4, -0.2) is 33.9 Å². The van der Waals surface area contributed by atoms with Crippen molar-refractivity contribution in [1.29, 1.82) is 0 Å². The van der Waals surface area contributed by atoms with E-state index in [0.29, 0.717) is 29.5 Å². The SMILES string of the molecule is C[C@@H](CCOc1ccc(=O)[nH]n1)Nc1cc(C#CC(C)(C)C)sc1C(=O)O. The van der Waals surface area contributed by atoms with Gasteiger partial charge in [0, 0.05) is 30.0 Å². The predicted molar refractivity (Wildman–Crippen MR) is 106 cm³/mol. The standard InChI is InChI=1S/C19H23N3O4S/c1-12(8-10-26-16-6-5-15(23)21-22-16)20-14-11-13(7-9-19(2,3)4)27-17(14)18(24)25/h5-6,11-12,20H,8,10H2,1-4H3,(H,21,23)(H,24,25)/t12-/m0/s1. The smallest absolute Gasteiger partial charge is 0.348 e. The van der Waals surface area contributed by atoms with Crippen molar-refractivity contribution in [2.75, 3.05) is 11.9 Å². The number of carbonyl (C=O) groups is 1. The minimum atomic E-state index is -0.979. The number of anilines is 1. The zero-order valence-electron chi connectivity index (χ0n) is 15.8. The molecular weight excluding hydrogens is 366 g/mol. The molecule has 3 N–H and O–H groups in total. The van der Waals surface area contributed by atoms with Gasteiger partial charge >= 0.3 is 5.97 Å². The lowest BCUT2D eigenvalue weighted by Crippen LogP contribution is -2.19. The Hall–Kier alpha value is -2.79. The van der Waals surface area contributed by atoms with Gasteiger partial charge in [-0.1, -0.05) is 11.8 Å². The van der Waals surface area contributed by atoms with E-state index in [1.807, 2.05) is 27.7 Å². The van der Waals surface area contributed by atoms with E-state index < -0.39 is 5.97 Å². The van der Waals surface area contributed by atoms with Crippen LogP contribution < -0.4 is 15.6 Å². The Kier molecular flexibility index (Phi) is 6.64. The van der Waals surface area contributed by atoms with E-state index in [0.717, 1.165) is 11.3 Å². The minimum absolute atomic E-state index is 0.0242. The summed E-state index contributed by atoms with van der Waals surface area (Å²) in [7, 11) is 0. The summed E-state index contributed by atoms with van der Waals surface area (Å²) in [6.07, 6.45) is 0.624. The molecule has 0 unspecified atom stereocenters. The molecular formula is C19H23N3O4S. The molecule has 144 valence electrons. The molecule has 8 heteroatoms. The number of H-pyrrole nitrogens is 1. The Balaban J connectivity index is 1.98. The number of nitrogens with zero attached hydrogens (tertiary/aromatic N) is 1. The summed E-state index contributed by atoms with van der Waals surface area (Å²) in [4.78, 5) is 23.4. The van der Waals surface area contributed by atoms with Gasteiger partial charge in [-0.2, -0.15) is 0 Å². The van der Waals surface area contributed by atoms with Gasteiger partial charge in [0.2, 0.25) is 5.88 Å². The fourth-order valence-electron chi connectivity index (χ4n) is 2.06. The summed E-state index contributed by atoms with van der Waals surface area (Å²) in [5.41, 5.74) is 0.114. The molecule has 0 bridgehead atoms. The lowest BCUT2D eigenvalue weighted by Gasteiger charge is -2.15. The maximum absolute atomic E-state index is 11.5. The van der Waals surface area contributed by atoms with Crippen LogP contribution in [0.3, 0.4) is 0 Å². The average molecular weight is 389 g/mol.